The van der Waals surface area contributed by atoms with Crippen LogP contribution >= 0.6 is 0 Å². The van der Waals surface area contributed by atoms with Crippen molar-refractivity contribution in [1.29, 1.82) is 0 Å². The van der Waals surface area contributed by atoms with E-state index >= 15 is 0 Å². The van der Waals surface area contributed by atoms with Gasteiger partial charge in [0.2, 0.25) is 0 Å². The summed E-state index contributed by atoms with van der Waals surface area (Å²) in [5.41, 5.74) is 1.20. The molecule has 0 saturated carbocycles. The second kappa shape index (κ2) is 5.09. The zero-order valence-corrected chi connectivity index (χ0v) is 13.0. The second-order valence-corrected chi connectivity index (χ2v) is 6.58. The highest BCUT2D eigenvalue weighted by atomic mass is 16.3. The summed E-state index contributed by atoms with van der Waals surface area (Å²) in [6, 6.07) is 4.40. The Balaban J connectivity index is 1.55. The Hall–Kier alpha value is -1.88. The molecule has 5 rings (SSSR count). The molecule has 3 aliphatic rings. The molecule has 116 valence electrons. The Kier molecular flexibility index (Phi) is 3.18. The number of hydrogen-bond donors (Lipinski definition) is 1. The minimum absolute atomic E-state index is 0.0775. The number of nitrogens with zero attached hydrogens (tertiary/aromatic N) is 2. The molecule has 1 N–H and O–H groups in total. The van der Waals surface area contributed by atoms with Gasteiger partial charge in [0.25, 0.3) is 5.91 Å². The minimum atomic E-state index is -0.0775. The van der Waals surface area contributed by atoms with Gasteiger partial charge < -0.3 is 9.73 Å². The summed E-state index contributed by atoms with van der Waals surface area (Å²) in [6.45, 7) is 6.44. The number of nitrogens with one attached hydrogen (secondary N) is 1. The molecule has 1 amide bonds. The maximum Gasteiger partial charge on any atom is 0.270 e. The van der Waals surface area contributed by atoms with Crippen molar-refractivity contribution in [1.82, 2.24) is 15.2 Å². The Morgan fingerprint density at radius 3 is 2.86 bits per heavy atom. The lowest BCUT2D eigenvalue weighted by molar-refractivity contribution is 0.0216. The zero-order chi connectivity index (χ0) is 15.3. The number of pyridine rings is 1. The number of fused-ring (bicyclic) bond motifs is 4. The molecule has 3 fully saturated rings. The number of hydrogen-bond acceptors (Lipinski definition) is 4. The maximum absolute atomic E-state index is 12.6. The number of furan rings is 1. The minimum Gasteiger partial charge on any atom is -0.460 e. The average Bonchev–Trinajstić information content (AvgIpc) is 2.90. The molecule has 2 bridgehead atoms. The van der Waals surface area contributed by atoms with Crippen molar-refractivity contribution in [3.63, 3.8) is 0 Å². The van der Waals surface area contributed by atoms with Crippen LogP contribution in [0.3, 0.4) is 0 Å². The molecule has 2 aromatic rings. The van der Waals surface area contributed by atoms with Crippen molar-refractivity contribution in [2.45, 2.75) is 38.8 Å². The van der Waals surface area contributed by atoms with Gasteiger partial charge in [-0.15, -0.1) is 0 Å². The second-order valence-electron chi connectivity index (χ2n) is 6.58. The predicted molar refractivity (Wildman–Crippen MR) is 83.8 cm³/mol. The molecule has 0 aliphatic carbocycles. The fourth-order valence-electron chi connectivity index (χ4n) is 3.97. The molecular weight excluding hydrogens is 278 g/mol. The molecular formula is C17H21N3O2. The lowest BCUT2D eigenvalue weighted by Crippen LogP contribution is -2.62. The van der Waals surface area contributed by atoms with Crippen LogP contribution < -0.4 is 5.32 Å². The van der Waals surface area contributed by atoms with Gasteiger partial charge in [-0.2, -0.15) is 0 Å². The van der Waals surface area contributed by atoms with Gasteiger partial charge in [0.15, 0.2) is 5.58 Å². The van der Waals surface area contributed by atoms with Gasteiger partial charge in [-0.1, -0.05) is 0 Å². The third-order valence-electron chi connectivity index (χ3n) is 5.24. The van der Waals surface area contributed by atoms with Crippen LogP contribution in [0.5, 0.6) is 0 Å². The van der Waals surface area contributed by atoms with Gasteiger partial charge in [0.05, 0.1) is 6.20 Å². The molecule has 0 radical (unpaired) electrons. The molecule has 2 atom stereocenters. The summed E-state index contributed by atoms with van der Waals surface area (Å²) in [5, 5.41) is 4.14. The van der Waals surface area contributed by atoms with Crippen LogP contribution in [0.1, 0.15) is 36.0 Å². The van der Waals surface area contributed by atoms with Gasteiger partial charge in [-0.05, 0) is 57.8 Å². The number of carbonyl (C=O) groups excluding carboxylic acids is 1. The molecule has 2 aromatic heterocycles. The molecule has 5 heterocycles. The Labute approximate surface area is 129 Å². The lowest BCUT2D eigenvalue weighted by atomic mass is 9.79. The third-order valence-corrected chi connectivity index (χ3v) is 5.24. The largest absolute Gasteiger partial charge is 0.460 e. The molecule has 3 saturated heterocycles. The quantitative estimate of drug-likeness (QED) is 0.925. The molecule has 0 unspecified atom stereocenters. The SMILES string of the molecule is Cc1cc2cc(C(=O)N[C@@H]3C4CCN(CC4)[C@H]3C)ncc2o1. The van der Waals surface area contributed by atoms with Crippen LogP contribution in [0.4, 0.5) is 0 Å². The highest BCUT2D eigenvalue weighted by Gasteiger charge is 2.40. The van der Waals surface area contributed by atoms with Crippen LogP contribution in [0, 0.1) is 12.8 Å². The fraction of sp³-hybridized carbons (Fsp3) is 0.529. The summed E-state index contributed by atoms with van der Waals surface area (Å²) < 4.78 is 5.51. The standard InChI is InChI=1S/C17H21N3O2/c1-10-7-13-8-14(18-9-15(13)22-10)17(21)19-16-11(2)20-5-3-12(16)4-6-20/h7-9,11-12,16H,3-6H2,1-2H3,(H,19,21)/t11-,16-/m0/s1. The van der Waals surface area contributed by atoms with Gasteiger partial charge >= 0.3 is 0 Å². The van der Waals surface area contributed by atoms with E-state index < -0.39 is 0 Å². The molecule has 5 heteroatoms. The van der Waals surface area contributed by atoms with Crippen molar-refractivity contribution in [2.24, 2.45) is 5.92 Å². The number of carbonyl (C=O) groups is 1. The van der Waals surface area contributed by atoms with Crippen LogP contribution in [0.15, 0.2) is 22.7 Å². The van der Waals surface area contributed by atoms with Crippen molar-refractivity contribution in [2.75, 3.05) is 13.1 Å². The first-order valence-corrected chi connectivity index (χ1v) is 8.03. The van der Waals surface area contributed by atoms with E-state index in [1.807, 2.05) is 19.1 Å². The van der Waals surface area contributed by atoms with Crippen LogP contribution in [-0.4, -0.2) is 41.0 Å². The molecule has 22 heavy (non-hydrogen) atoms. The highest BCUT2D eigenvalue weighted by Crippen LogP contribution is 2.32. The van der Waals surface area contributed by atoms with E-state index in [0.29, 0.717) is 17.7 Å². The number of aromatic nitrogens is 1. The van der Waals surface area contributed by atoms with E-state index in [4.69, 9.17) is 4.42 Å². The van der Waals surface area contributed by atoms with E-state index in [-0.39, 0.29) is 11.9 Å². The van der Waals surface area contributed by atoms with E-state index in [2.05, 4.69) is 22.1 Å². The van der Waals surface area contributed by atoms with Crippen molar-refractivity contribution in [3.05, 3.63) is 29.8 Å². The van der Waals surface area contributed by atoms with Gasteiger partial charge in [-0.25, -0.2) is 4.98 Å². The number of aryl methyl sites for hydroxylation is 1. The van der Waals surface area contributed by atoms with Crippen LogP contribution in [-0.2, 0) is 0 Å². The van der Waals surface area contributed by atoms with E-state index in [0.717, 1.165) is 29.8 Å². The summed E-state index contributed by atoms with van der Waals surface area (Å²) in [4.78, 5) is 19.3. The smallest absolute Gasteiger partial charge is 0.270 e. The first kappa shape index (κ1) is 13.8. The van der Waals surface area contributed by atoms with E-state index in [1.54, 1.807) is 6.20 Å². The van der Waals surface area contributed by atoms with Crippen molar-refractivity contribution < 1.29 is 9.21 Å². The molecule has 0 spiro atoms. The van der Waals surface area contributed by atoms with Gasteiger partial charge in [0.1, 0.15) is 11.5 Å². The van der Waals surface area contributed by atoms with Gasteiger partial charge in [-0.3, -0.25) is 9.69 Å². The highest BCUT2D eigenvalue weighted by molar-refractivity contribution is 5.95. The summed E-state index contributed by atoms with van der Waals surface area (Å²) in [6.07, 6.45) is 4.00. The fourth-order valence-corrected chi connectivity index (χ4v) is 3.97. The normalized spacial score (nSPS) is 30.6. The average molecular weight is 299 g/mol. The predicted octanol–water partition coefficient (Wildman–Crippen LogP) is 2.35. The number of amides is 1. The Morgan fingerprint density at radius 1 is 1.36 bits per heavy atom. The number of piperidine rings is 3. The summed E-state index contributed by atoms with van der Waals surface area (Å²) in [5.74, 6) is 1.36. The maximum atomic E-state index is 12.6. The lowest BCUT2D eigenvalue weighted by Gasteiger charge is -2.49. The third kappa shape index (κ3) is 2.20. The topological polar surface area (TPSA) is 58.4 Å². The molecule has 5 nitrogen and oxygen atoms in total. The van der Waals surface area contributed by atoms with E-state index in [9.17, 15) is 4.79 Å². The Bertz CT molecular complexity index is 714. The van der Waals surface area contributed by atoms with E-state index in [1.165, 1.54) is 12.8 Å². The van der Waals surface area contributed by atoms with Crippen LogP contribution in [0.2, 0.25) is 0 Å². The molecule has 0 aromatic carbocycles. The monoisotopic (exact) mass is 299 g/mol. The first-order valence-electron chi connectivity index (χ1n) is 8.03. The summed E-state index contributed by atoms with van der Waals surface area (Å²) in [7, 11) is 0. The number of rotatable bonds is 2. The van der Waals surface area contributed by atoms with Crippen molar-refractivity contribution >= 4 is 16.9 Å². The zero-order valence-electron chi connectivity index (χ0n) is 13.0. The van der Waals surface area contributed by atoms with Gasteiger partial charge in [0, 0.05) is 17.5 Å². The van der Waals surface area contributed by atoms with Crippen LogP contribution in [0.25, 0.3) is 11.0 Å². The first-order chi connectivity index (χ1) is 10.6. The van der Waals surface area contributed by atoms with Crippen molar-refractivity contribution in [3.8, 4) is 0 Å². The Morgan fingerprint density at radius 2 is 2.14 bits per heavy atom. The summed E-state index contributed by atoms with van der Waals surface area (Å²) >= 11 is 0. The molecule has 3 aliphatic heterocycles.